The lowest BCUT2D eigenvalue weighted by atomic mass is 9.87. The summed E-state index contributed by atoms with van der Waals surface area (Å²) in [5.74, 6) is -2.17. The van der Waals surface area contributed by atoms with E-state index in [0.717, 1.165) is 23.1 Å². The Bertz CT molecular complexity index is 1160. The number of likely N-dealkylation sites (tertiary alicyclic amines) is 1. The Morgan fingerprint density at radius 2 is 1.78 bits per heavy atom. The quantitative estimate of drug-likeness (QED) is 0.475. The third kappa shape index (κ3) is 4.53. The molecule has 0 radical (unpaired) electrons. The molecule has 1 saturated heterocycles. The minimum atomic E-state index is -4.54. The summed E-state index contributed by atoms with van der Waals surface area (Å²) in [7, 11) is 0. The predicted molar refractivity (Wildman–Crippen MR) is 108 cm³/mol. The highest BCUT2D eigenvalue weighted by Gasteiger charge is 2.31. The van der Waals surface area contributed by atoms with Crippen LogP contribution in [-0.2, 0) is 15.8 Å². The van der Waals surface area contributed by atoms with Gasteiger partial charge < -0.3 is 10.2 Å². The number of alkyl halides is 3. The number of halogens is 4. The van der Waals surface area contributed by atoms with E-state index < -0.39 is 23.6 Å². The number of rotatable bonds is 2. The van der Waals surface area contributed by atoms with Crippen molar-refractivity contribution in [3.63, 3.8) is 0 Å². The van der Waals surface area contributed by atoms with Crippen molar-refractivity contribution in [3.8, 4) is 0 Å². The van der Waals surface area contributed by atoms with E-state index in [4.69, 9.17) is 0 Å². The van der Waals surface area contributed by atoms with E-state index in [-0.39, 0.29) is 17.6 Å². The molecule has 1 N–H and O–H groups in total. The molecule has 6 nitrogen and oxygen atoms in total. The van der Waals surface area contributed by atoms with Gasteiger partial charge in [-0.15, -0.1) is 0 Å². The molecule has 0 saturated carbocycles. The molecule has 0 unspecified atom stereocenters. The lowest BCUT2D eigenvalue weighted by molar-refractivity contribution is -0.143. The van der Waals surface area contributed by atoms with Gasteiger partial charge in [0.05, 0.1) is 11.1 Å². The van der Waals surface area contributed by atoms with Gasteiger partial charge in [-0.2, -0.15) is 13.2 Å². The summed E-state index contributed by atoms with van der Waals surface area (Å²) in [6.45, 7) is 0.632. The van der Waals surface area contributed by atoms with E-state index in [1.807, 2.05) is 6.07 Å². The van der Waals surface area contributed by atoms with E-state index in [1.54, 1.807) is 12.3 Å². The molecule has 32 heavy (non-hydrogen) atoms. The van der Waals surface area contributed by atoms with Gasteiger partial charge in [0.1, 0.15) is 11.6 Å². The van der Waals surface area contributed by atoms with Crippen molar-refractivity contribution >= 4 is 28.5 Å². The number of nitrogens with one attached hydrogen (secondary N) is 1. The van der Waals surface area contributed by atoms with Crippen molar-refractivity contribution in [1.82, 2.24) is 14.9 Å². The fourth-order valence-corrected chi connectivity index (χ4v) is 3.84. The highest BCUT2D eigenvalue weighted by atomic mass is 19.4. The van der Waals surface area contributed by atoms with Gasteiger partial charge in [-0.3, -0.25) is 14.6 Å². The predicted octanol–water partition coefficient (Wildman–Crippen LogP) is 4.13. The topological polar surface area (TPSA) is 75.2 Å². The Labute approximate surface area is 180 Å². The number of benzene rings is 1. The summed E-state index contributed by atoms with van der Waals surface area (Å²) in [6.07, 6.45) is -1.13. The summed E-state index contributed by atoms with van der Waals surface area (Å²) < 4.78 is 51.5. The van der Waals surface area contributed by atoms with E-state index in [0.29, 0.717) is 37.6 Å². The molecule has 1 aliphatic heterocycles. The maximum Gasteiger partial charge on any atom is 0.417 e. The lowest BCUT2D eigenvalue weighted by Gasteiger charge is -2.32. The third-order valence-corrected chi connectivity index (χ3v) is 5.49. The number of anilines is 1. The Morgan fingerprint density at radius 3 is 2.44 bits per heavy atom. The highest BCUT2D eigenvalue weighted by Crippen LogP contribution is 2.33. The molecule has 4 rings (SSSR count). The average molecular weight is 446 g/mol. The van der Waals surface area contributed by atoms with Crippen LogP contribution < -0.4 is 5.32 Å². The molecule has 1 aromatic carbocycles. The molecule has 0 aliphatic carbocycles. The molecular weight excluding hydrogens is 428 g/mol. The number of carbonyl (C=O) groups is 2. The molecule has 1 fully saturated rings. The minimum absolute atomic E-state index is 0.0750. The summed E-state index contributed by atoms with van der Waals surface area (Å²) in [5.41, 5.74) is 0.679. The Balaban J connectivity index is 1.38. The van der Waals surface area contributed by atoms with Crippen molar-refractivity contribution < 1.29 is 27.2 Å². The summed E-state index contributed by atoms with van der Waals surface area (Å²) >= 11 is 0. The summed E-state index contributed by atoms with van der Waals surface area (Å²) in [6, 6.07) is 8.03. The zero-order valence-corrected chi connectivity index (χ0v) is 16.7. The van der Waals surface area contributed by atoms with Crippen LogP contribution in [0, 0.1) is 5.82 Å². The maximum atomic E-state index is 13.7. The molecule has 166 valence electrons. The number of hydrogen-bond acceptors (Lipinski definition) is 4. The lowest BCUT2D eigenvalue weighted by Crippen LogP contribution is -2.44. The molecule has 0 bridgehead atoms. The van der Waals surface area contributed by atoms with Crippen molar-refractivity contribution in [2.75, 3.05) is 18.4 Å². The van der Waals surface area contributed by atoms with Crippen molar-refractivity contribution in [3.05, 3.63) is 65.7 Å². The normalized spacial score (nSPS) is 15.1. The average Bonchev–Trinajstić information content (AvgIpc) is 2.78. The molecule has 2 amide bonds. The van der Waals surface area contributed by atoms with Crippen LogP contribution in [0.25, 0.3) is 10.9 Å². The first-order chi connectivity index (χ1) is 15.2. The van der Waals surface area contributed by atoms with Crippen LogP contribution in [0.15, 0.2) is 48.8 Å². The molecule has 10 heteroatoms. The van der Waals surface area contributed by atoms with E-state index >= 15 is 0 Å². The second-order valence-corrected chi connectivity index (χ2v) is 7.51. The van der Waals surface area contributed by atoms with Crippen LogP contribution in [0.4, 0.5) is 23.4 Å². The van der Waals surface area contributed by atoms with Crippen LogP contribution in [-0.4, -0.2) is 39.8 Å². The summed E-state index contributed by atoms with van der Waals surface area (Å²) in [5, 5.41) is 2.96. The molecule has 1 aliphatic rings. The van der Waals surface area contributed by atoms with Gasteiger partial charge in [-0.05, 0) is 60.7 Å². The fraction of sp³-hybridized carbons (Fsp3) is 0.273. The Hall–Kier alpha value is -3.56. The molecule has 0 spiro atoms. The van der Waals surface area contributed by atoms with Crippen LogP contribution in [0.1, 0.15) is 29.9 Å². The van der Waals surface area contributed by atoms with E-state index in [1.165, 1.54) is 17.0 Å². The van der Waals surface area contributed by atoms with Gasteiger partial charge in [0.25, 0.3) is 0 Å². The second kappa shape index (κ2) is 8.52. The first kappa shape index (κ1) is 21.7. The zero-order chi connectivity index (χ0) is 22.9. The fourth-order valence-electron chi connectivity index (χ4n) is 3.84. The molecule has 0 atom stereocenters. The maximum absolute atomic E-state index is 13.7. The molecule has 3 aromatic rings. The zero-order valence-electron chi connectivity index (χ0n) is 16.7. The number of pyridine rings is 2. The van der Waals surface area contributed by atoms with E-state index in [9.17, 15) is 27.2 Å². The minimum Gasteiger partial charge on any atom is -0.334 e. The van der Waals surface area contributed by atoms with Crippen molar-refractivity contribution in [2.24, 2.45) is 0 Å². The van der Waals surface area contributed by atoms with Gasteiger partial charge in [0.15, 0.2) is 0 Å². The number of aromatic nitrogens is 2. The molecular formula is C22H18F4N4O2. The van der Waals surface area contributed by atoms with Gasteiger partial charge in [-0.25, -0.2) is 9.37 Å². The standard InChI is InChI=1S/C22H18F4N4O2/c23-15-2-3-18-17(11-15)16(5-8-27-18)13-6-9-30(10-7-13)21(32)20(31)29-19-4-1-14(12-28-19)22(24,25)26/h1-5,8,11-13H,6-7,9-10H2,(H,28,29,31). The van der Waals surface area contributed by atoms with Gasteiger partial charge >= 0.3 is 18.0 Å². The number of amides is 2. The number of piperidine rings is 1. The van der Waals surface area contributed by atoms with Gasteiger partial charge in [0, 0.05) is 30.9 Å². The number of hydrogen-bond donors (Lipinski definition) is 1. The SMILES string of the molecule is O=C(Nc1ccc(C(F)(F)F)cn1)C(=O)N1CCC(c2ccnc3ccc(F)cc23)CC1. The van der Waals surface area contributed by atoms with Gasteiger partial charge in [-0.1, -0.05) is 0 Å². The number of nitrogens with zero attached hydrogens (tertiary/aromatic N) is 3. The van der Waals surface area contributed by atoms with Crippen molar-refractivity contribution in [2.45, 2.75) is 24.9 Å². The molecule has 3 heterocycles. The molecule has 2 aromatic heterocycles. The van der Waals surface area contributed by atoms with Crippen molar-refractivity contribution in [1.29, 1.82) is 0 Å². The number of carbonyl (C=O) groups excluding carboxylic acids is 2. The number of fused-ring (bicyclic) bond motifs is 1. The van der Waals surface area contributed by atoms with Crippen LogP contribution in [0.5, 0.6) is 0 Å². The summed E-state index contributed by atoms with van der Waals surface area (Å²) in [4.78, 5) is 33.9. The smallest absolute Gasteiger partial charge is 0.334 e. The first-order valence-electron chi connectivity index (χ1n) is 9.90. The van der Waals surface area contributed by atoms with Gasteiger partial charge in [0.2, 0.25) is 0 Å². The second-order valence-electron chi connectivity index (χ2n) is 7.51. The monoisotopic (exact) mass is 446 g/mol. The third-order valence-electron chi connectivity index (χ3n) is 5.49. The van der Waals surface area contributed by atoms with E-state index in [2.05, 4.69) is 15.3 Å². The first-order valence-corrected chi connectivity index (χ1v) is 9.90. The van der Waals surface area contributed by atoms with Crippen LogP contribution in [0.2, 0.25) is 0 Å². The Morgan fingerprint density at radius 1 is 1.03 bits per heavy atom. The Kier molecular flexibility index (Phi) is 5.77. The van der Waals surface area contributed by atoms with Crippen LogP contribution in [0.3, 0.4) is 0 Å². The van der Waals surface area contributed by atoms with Crippen LogP contribution >= 0.6 is 0 Å². The highest BCUT2D eigenvalue weighted by molar-refractivity contribution is 6.39. The largest absolute Gasteiger partial charge is 0.417 e.